The number of aromatic nitrogens is 1. The molecule has 0 aliphatic carbocycles. The summed E-state index contributed by atoms with van der Waals surface area (Å²) in [5.74, 6) is 0.825. The van der Waals surface area contributed by atoms with Gasteiger partial charge in [-0.2, -0.15) is 0 Å². The van der Waals surface area contributed by atoms with Gasteiger partial charge in [-0.15, -0.1) is 0 Å². The maximum atomic E-state index is 12.4. The van der Waals surface area contributed by atoms with E-state index in [4.69, 9.17) is 16.0 Å². The molecule has 1 unspecified atom stereocenters. The van der Waals surface area contributed by atoms with E-state index in [1.165, 1.54) is 0 Å². The highest BCUT2D eigenvalue weighted by atomic mass is 35.5. The molecule has 1 amide bonds. The quantitative estimate of drug-likeness (QED) is 0.604. The number of nitrogens with zero attached hydrogens (tertiary/aromatic N) is 1. The summed E-state index contributed by atoms with van der Waals surface area (Å²) in [7, 11) is -1.38. The van der Waals surface area contributed by atoms with Crippen molar-refractivity contribution in [2.45, 2.75) is 19.1 Å². The van der Waals surface area contributed by atoms with Crippen LogP contribution in [-0.4, -0.2) is 27.4 Å². The second kappa shape index (κ2) is 9.66. The number of hydrogen-bond donors (Lipinski definition) is 1. The van der Waals surface area contributed by atoms with E-state index in [1.807, 2.05) is 48.5 Å². The van der Waals surface area contributed by atoms with Gasteiger partial charge in [-0.25, -0.2) is 4.98 Å². The van der Waals surface area contributed by atoms with Crippen LogP contribution in [0.3, 0.4) is 0 Å². The normalized spacial score (nSPS) is 11.9. The van der Waals surface area contributed by atoms with Crippen molar-refractivity contribution in [2.24, 2.45) is 0 Å². The number of hydrogen-bond acceptors (Lipinski definition) is 4. The number of amides is 1. The Balaban J connectivity index is 1.52. The van der Waals surface area contributed by atoms with Crippen LogP contribution in [0.25, 0.3) is 11.5 Å². The number of nitrogens with one attached hydrogen (secondary N) is 1. The van der Waals surface area contributed by atoms with Crippen LogP contribution in [0.1, 0.15) is 17.0 Å². The number of halogens is 1. The van der Waals surface area contributed by atoms with Crippen LogP contribution in [0.2, 0.25) is 5.02 Å². The topological polar surface area (TPSA) is 72.2 Å². The fourth-order valence-corrected chi connectivity index (χ4v) is 3.99. The van der Waals surface area contributed by atoms with Gasteiger partial charge in [0.25, 0.3) is 0 Å². The predicted octanol–water partition coefficient (Wildman–Crippen LogP) is 3.91. The Morgan fingerprint density at radius 1 is 1.14 bits per heavy atom. The molecule has 0 fully saturated rings. The molecular formula is C21H21ClN2O3S. The lowest BCUT2D eigenvalue weighted by Gasteiger charge is -2.05. The molecule has 0 aliphatic rings. The Hall–Kier alpha value is -2.44. The number of benzene rings is 2. The van der Waals surface area contributed by atoms with Crippen molar-refractivity contribution in [1.82, 2.24) is 10.3 Å². The first-order chi connectivity index (χ1) is 13.5. The Morgan fingerprint density at radius 3 is 2.61 bits per heavy atom. The summed E-state index contributed by atoms with van der Waals surface area (Å²) in [5, 5.41) is 3.34. The van der Waals surface area contributed by atoms with Gasteiger partial charge >= 0.3 is 0 Å². The molecule has 1 atom stereocenters. The van der Waals surface area contributed by atoms with Gasteiger partial charge < -0.3 is 9.73 Å². The maximum Gasteiger partial charge on any atom is 0.232 e. The molecule has 1 N–H and O–H groups in total. The van der Waals surface area contributed by atoms with Crippen LogP contribution in [0.5, 0.6) is 0 Å². The number of carbonyl (C=O) groups excluding carboxylic acids is 1. The molecule has 1 heterocycles. The molecular weight excluding hydrogens is 396 g/mol. The van der Waals surface area contributed by atoms with Crippen LogP contribution in [0, 0.1) is 6.92 Å². The third kappa shape index (κ3) is 5.53. The van der Waals surface area contributed by atoms with Crippen LogP contribution in [-0.2, 0) is 27.8 Å². The number of oxazole rings is 1. The highest BCUT2D eigenvalue weighted by molar-refractivity contribution is 7.84. The monoisotopic (exact) mass is 416 g/mol. The molecule has 0 saturated heterocycles. The van der Waals surface area contributed by atoms with Crippen molar-refractivity contribution < 1.29 is 13.4 Å². The van der Waals surface area contributed by atoms with Crippen molar-refractivity contribution in [3.63, 3.8) is 0 Å². The summed E-state index contributed by atoms with van der Waals surface area (Å²) in [4.78, 5) is 16.4. The first kappa shape index (κ1) is 20.3. The van der Waals surface area contributed by atoms with Gasteiger partial charge in [-0.05, 0) is 31.0 Å². The Kier molecular flexibility index (Phi) is 7.01. The third-order valence-corrected chi connectivity index (χ3v) is 5.67. The van der Waals surface area contributed by atoms with Crippen LogP contribution in [0.15, 0.2) is 59.0 Å². The van der Waals surface area contributed by atoms with Crippen LogP contribution >= 0.6 is 11.6 Å². The lowest BCUT2D eigenvalue weighted by molar-refractivity contribution is -0.118. The zero-order valence-corrected chi connectivity index (χ0v) is 17.1. The first-order valence-electron chi connectivity index (χ1n) is 8.89. The molecule has 28 heavy (non-hydrogen) atoms. The third-order valence-electron chi connectivity index (χ3n) is 4.17. The second-order valence-corrected chi connectivity index (χ2v) is 8.18. The predicted molar refractivity (Wildman–Crippen MR) is 112 cm³/mol. The Morgan fingerprint density at radius 2 is 1.86 bits per heavy atom. The average molecular weight is 417 g/mol. The van der Waals surface area contributed by atoms with E-state index in [2.05, 4.69) is 10.3 Å². The zero-order valence-electron chi connectivity index (χ0n) is 15.5. The molecule has 3 rings (SSSR count). The molecule has 0 radical (unpaired) electrons. The van der Waals surface area contributed by atoms with Crippen molar-refractivity contribution >= 4 is 28.3 Å². The summed E-state index contributed by atoms with van der Waals surface area (Å²) in [6.45, 7) is 2.28. The maximum absolute atomic E-state index is 12.4. The van der Waals surface area contributed by atoms with Crippen LogP contribution < -0.4 is 5.32 Å². The van der Waals surface area contributed by atoms with Crippen molar-refractivity contribution in [1.29, 1.82) is 0 Å². The summed E-state index contributed by atoms with van der Waals surface area (Å²) >= 11 is 6.17. The molecule has 0 bridgehead atoms. The summed E-state index contributed by atoms with van der Waals surface area (Å²) in [5.41, 5.74) is 2.41. The number of aryl methyl sites for hydroxylation is 1. The van der Waals surface area contributed by atoms with Gasteiger partial charge in [-0.3, -0.25) is 9.00 Å². The average Bonchev–Trinajstić information content (AvgIpc) is 3.03. The van der Waals surface area contributed by atoms with Gasteiger partial charge in [0, 0.05) is 17.3 Å². The SMILES string of the molecule is Cc1oc(-c2ccccc2Cl)nc1CS(=O)CC(=O)NCCc1ccccc1. The first-order valence-corrected chi connectivity index (χ1v) is 10.8. The van der Waals surface area contributed by atoms with E-state index in [1.54, 1.807) is 13.0 Å². The number of rotatable bonds is 8. The molecule has 2 aromatic carbocycles. The van der Waals surface area contributed by atoms with Gasteiger partial charge in [0.15, 0.2) is 0 Å². The van der Waals surface area contributed by atoms with Gasteiger partial charge in [-0.1, -0.05) is 54.1 Å². The molecule has 146 valence electrons. The highest BCUT2D eigenvalue weighted by Crippen LogP contribution is 2.28. The summed E-state index contributed by atoms with van der Waals surface area (Å²) in [6, 6.07) is 17.1. The van der Waals surface area contributed by atoms with E-state index in [0.717, 1.165) is 12.0 Å². The second-order valence-electron chi connectivity index (χ2n) is 6.32. The van der Waals surface area contributed by atoms with Gasteiger partial charge in [0.05, 0.1) is 22.0 Å². The minimum atomic E-state index is -1.38. The Labute approximate surface area is 171 Å². The molecule has 3 aromatic rings. The largest absolute Gasteiger partial charge is 0.441 e. The van der Waals surface area contributed by atoms with Crippen LogP contribution in [0.4, 0.5) is 0 Å². The van der Waals surface area contributed by atoms with E-state index < -0.39 is 10.8 Å². The molecule has 7 heteroatoms. The summed E-state index contributed by atoms with van der Waals surface area (Å²) < 4.78 is 18.0. The summed E-state index contributed by atoms with van der Waals surface area (Å²) in [6.07, 6.45) is 0.739. The lowest BCUT2D eigenvalue weighted by atomic mass is 10.1. The molecule has 0 aliphatic heterocycles. The molecule has 0 spiro atoms. The molecule has 0 saturated carbocycles. The Bertz CT molecular complexity index is 973. The van der Waals surface area contributed by atoms with E-state index in [9.17, 15) is 9.00 Å². The van der Waals surface area contributed by atoms with Crippen molar-refractivity contribution in [3.8, 4) is 11.5 Å². The standard InChI is InChI=1S/C21H21ClN2O3S/c1-15-19(24-21(27-15)17-9-5-6-10-18(17)22)13-28(26)14-20(25)23-12-11-16-7-3-2-4-8-16/h2-10H,11-14H2,1H3,(H,23,25). The van der Waals surface area contributed by atoms with E-state index >= 15 is 0 Å². The smallest absolute Gasteiger partial charge is 0.232 e. The van der Waals surface area contributed by atoms with E-state index in [0.29, 0.717) is 34.5 Å². The van der Waals surface area contributed by atoms with Gasteiger partial charge in [0.1, 0.15) is 11.5 Å². The fourth-order valence-electron chi connectivity index (χ4n) is 2.70. The molecule has 1 aromatic heterocycles. The minimum Gasteiger partial charge on any atom is -0.441 e. The van der Waals surface area contributed by atoms with Crippen molar-refractivity contribution in [3.05, 3.63) is 76.6 Å². The fraction of sp³-hybridized carbons (Fsp3) is 0.238. The zero-order chi connectivity index (χ0) is 19.9. The lowest BCUT2D eigenvalue weighted by Crippen LogP contribution is -2.30. The highest BCUT2D eigenvalue weighted by Gasteiger charge is 2.17. The van der Waals surface area contributed by atoms with Crippen molar-refractivity contribution in [2.75, 3.05) is 12.3 Å². The van der Waals surface area contributed by atoms with Gasteiger partial charge in [0.2, 0.25) is 11.8 Å². The van der Waals surface area contributed by atoms with E-state index in [-0.39, 0.29) is 17.4 Å². The minimum absolute atomic E-state index is 0.0669. The molecule has 5 nitrogen and oxygen atoms in total. The number of carbonyl (C=O) groups is 1.